The maximum absolute atomic E-state index is 13.8. The molecule has 3 atom stereocenters. The molecule has 7 heteroatoms. The minimum atomic E-state index is -0.305. The fourth-order valence-electron chi connectivity index (χ4n) is 4.62. The summed E-state index contributed by atoms with van der Waals surface area (Å²) in [6.07, 6.45) is 2.26. The van der Waals surface area contributed by atoms with Crippen LogP contribution in [0.3, 0.4) is 0 Å². The van der Waals surface area contributed by atoms with Crippen molar-refractivity contribution in [2.75, 3.05) is 47.4 Å². The maximum Gasteiger partial charge on any atom is 0.203 e. The summed E-state index contributed by atoms with van der Waals surface area (Å²) in [5.41, 5.74) is 2.20. The number of rotatable bonds is 8. The Morgan fingerprint density at radius 3 is 2.12 bits per heavy atom. The number of ether oxygens (including phenoxy) is 4. The van der Waals surface area contributed by atoms with Crippen LogP contribution < -0.4 is 19.1 Å². The highest BCUT2D eigenvalue weighted by Gasteiger charge is 2.37. The van der Waals surface area contributed by atoms with Crippen LogP contribution in [0.2, 0.25) is 0 Å². The van der Waals surface area contributed by atoms with Gasteiger partial charge in [-0.15, -0.1) is 0 Å². The number of aromatic hydroxyl groups is 1. The van der Waals surface area contributed by atoms with Crippen LogP contribution in [0, 0.1) is 5.92 Å². The lowest BCUT2D eigenvalue weighted by Gasteiger charge is -2.35. The van der Waals surface area contributed by atoms with Crippen LogP contribution in [-0.4, -0.2) is 59.5 Å². The summed E-state index contributed by atoms with van der Waals surface area (Å²) in [7, 11) is 10.1. The molecule has 1 N–H and O–H groups in total. The SMILES string of the molecule is COc1cc(C(=O)C2CC(OC)CCC2c2ccc(N(C)C)c(O)c2)cc(OC)c1OC. The average molecular weight is 444 g/mol. The first-order valence-corrected chi connectivity index (χ1v) is 10.7. The zero-order valence-corrected chi connectivity index (χ0v) is 19.7. The largest absolute Gasteiger partial charge is 0.506 e. The molecule has 0 saturated heterocycles. The van der Waals surface area contributed by atoms with Gasteiger partial charge in [-0.3, -0.25) is 4.79 Å². The molecule has 1 aliphatic carbocycles. The summed E-state index contributed by atoms with van der Waals surface area (Å²) in [4.78, 5) is 15.6. The summed E-state index contributed by atoms with van der Waals surface area (Å²) in [5, 5.41) is 10.5. The molecule has 0 radical (unpaired) electrons. The zero-order chi connectivity index (χ0) is 23.4. The molecule has 3 rings (SSSR count). The molecule has 0 aromatic heterocycles. The van der Waals surface area contributed by atoms with Crippen molar-refractivity contribution in [3.63, 3.8) is 0 Å². The molecular weight excluding hydrogens is 410 g/mol. The lowest BCUT2D eigenvalue weighted by molar-refractivity contribution is 0.0389. The molecule has 1 aliphatic rings. The van der Waals surface area contributed by atoms with E-state index in [0.717, 1.165) is 24.1 Å². The number of carbonyl (C=O) groups is 1. The van der Waals surface area contributed by atoms with Gasteiger partial charge >= 0.3 is 0 Å². The second-order valence-corrected chi connectivity index (χ2v) is 8.30. The number of hydrogen-bond acceptors (Lipinski definition) is 7. The Kier molecular flexibility index (Phi) is 7.51. The lowest BCUT2D eigenvalue weighted by Crippen LogP contribution is -2.33. The van der Waals surface area contributed by atoms with Crippen LogP contribution in [-0.2, 0) is 4.74 Å². The number of nitrogens with zero attached hydrogens (tertiary/aromatic N) is 1. The minimum absolute atomic E-state index is 0.00724. The first kappa shape index (κ1) is 23.7. The molecule has 0 amide bonds. The molecule has 0 bridgehead atoms. The van der Waals surface area contributed by atoms with Crippen LogP contribution in [0.1, 0.15) is 41.1 Å². The van der Waals surface area contributed by atoms with E-state index >= 15 is 0 Å². The zero-order valence-electron chi connectivity index (χ0n) is 19.7. The third-order valence-corrected chi connectivity index (χ3v) is 6.33. The summed E-state index contributed by atoms with van der Waals surface area (Å²) in [6.45, 7) is 0. The molecule has 7 nitrogen and oxygen atoms in total. The molecule has 32 heavy (non-hydrogen) atoms. The fraction of sp³-hybridized carbons (Fsp3) is 0.480. The number of hydrogen-bond donors (Lipinski definition) is 1. The summed E-state index contributed by atoms with van der Waals surface area (Å²) < 4.78 is 21.9. The molecule has 2 aromatic carbocycles. The van der Waals surface area contributed by atoms with Gasteiger partial charge in [0.1, 0.15) is 5.75 Å². The summed E-state index contributed by atoms with van der Waals surface area (Å²) >= 11 is 0. The van der Waals surface area contributed by atoms with Gasteiger partial charge in [0.2, 0.25) is 5.75 Å². The van der Waals surface area contributed by atoms with Crippen LogP contribution in [0.25, 0.3) is 0 Å². The Hall–Kier alpha value is -2.93. The average Bonchev–Trinajstić information content (AvgIpc) is 2.81. The Morgan fingerprint density at radius 1 is 0.969 bits per heavy atom. The van der Waals surface area contributed by atoms with E-state index in [1.807, 2.05) is 31.1 Å². The van der Waals surface area contributed by atoms with Gasteiger partial charge in [0.15, 0.2) is 17.3 Å². The van der Waals surface area contributed by atoms with Gasteiger partial charge in [0, 0.05) is 32.7 Å². The van der Waals surface area contributed by atoms with Crippen LogP contribution in [0.15, 0.2) is 30.3 Å². The predicted molar refractivity (Wildman–Crippen MR) is 124 cm³/mol. The van der Waals surface area contributed by atoms with E-state index in [-0.39, 0.29) is 29.5 Å². The standard InChI is InChI=1S/C25H33NO6/c1-26(2)20-10-7-15(11-21(20)27)18-9-8-17(29-3)14-19(18)24(28)16-12-22(30-4)25(32-6)23(13-16)31-5/h7,10-13,17-19,27H,8-9,14H2,1-6H3. The molecule has 0 spiro atoms. The molecule has 1 fully saturated rings. The molecule has 174 valence electrons. The topological polar surface area (TPSA) is 77.5 Å². The Balaban J connectivity index is 2.01. The van der Waals surface area contributed by atoms with Gasteiger partial charge < -0.3 is 29.0 Å². The van der Waals surface area contributed by atoms with Crippen molar-refractivity contribution < 1.29 is 28.8 Å². The number of benzene rings is 2. The van der Waals surface area contributed by atoms with E-state index < -0.39 is 0 Å². The smallest absolute Gasteiger partial charge is 0.203 e. The Labute approximate surface area is 189 Å². The second-order valence-electron chi connectivity index (χ2n) is 8.30. The van der Waals surface area contributed by atoms with Crippen molar-refractivity contribution in [3.8, 4) is 23.0 Å². The quantitative estimate of drug-likeness (QED) is 0.611. The van der Waals surface area contributed by atoms with Gasteiger partial charge in [0.05, 0.1) is 33.1 Å². The first-order chi connectivity index (χ1) is 15.3. The summed E-state index contributed by atoms with van der Waals surface area (Å²) in [5.74, 6) is 1.20. The highest BCUT2D eigenvalue weighted by Crippen LogP contribution is 2.44. The minimum Gasteiger partial charge on any atom is -0.506 e. The number of phenolic OH excluding ortho intramolecular Hbond substituents is 1. The van der Waals surface area contributed by atoms with E-state index in [9.17, 15) is 9.90 Å². The van der Waals surface area contributed by atoms with Gasteiger partial charge in [0.25, 0.3) is 0 Å². The van der Waals surface area contributed by atoms with Crippen LogP contribution in [0.5, 0.6) is 23.0 Å². The molecule has 2 aromatic rings. The van der Waals surface area contributed by atoms with Crippen molar-refractivity contribution in [1.29, 1.82) is 0 Å². The highest BCUT2D eigenvalue weighted by molar-refractivity contribution is 5.99. The van der Waals surface area contributed by atoms with Crippen molar-refractivity contribution >= 4 is 11.5 Å². The van der Waals surface area contributed by atoms with E-state index in [0.29, 0.717) is 29.2 Å². The molecule has 0 aliphatic heterocycles. The van der Waals surface area contributed by atoms with E-state index in [1.54, 1.807) is 25.3 Å². The maximum atomic E-state index is 13.8. The lowest BCUT2D eigenvalue weighted by atomic mass is 9.71. The van der Waals surface area contributed by atoms with Crippen molar-refractivity contribution in [2.45, 2.75) is 31.3 Å². The predicted octanol–water partition coefficient (Wildman–Crippen LogP) is 4.27. The van der Waals surface area contributed by atoms with Crippen molar-refractivity contribution in [3.05, 3.63) is 41.5 Å². The molecule has 3 unspecified atom stereocenters. The second kappa shape index (κ2) is 10.1. The number of carbonyl (C=O) groups excluding carboxylic acids is 1. The van der Waals surface area contributed by atoms with Crippen LogP contribution in [0.4, 0.5) is 5.69 Å². The molecule has 1 saturated carbocycles. The number of methoxy groups -OCH3 is 4. The van der Waals surface area contributed by atoms with E-state index in [4.69, 9.17) is 18.9 Å². The van der Waals surface area contributed by atoms with Crippen molar-refractivity contribution in [2.24, 2.45) is 5.92 Å². The number of Topliss-reactive ketones (excluding diaryl/α,β-unsaturated/α-hetero) is 1. The van der Waals surface area contributed by atoms with Gasteiger partial charge in [-0.25, -0.2) is 0 Å². The van der Waals surface area contributed by atoms with Crippen LogP contribution >= 0.6 is 0 Å². The van der Waals surface area contributed by atoms with Gasteiger partial charge in [-0.2, -0.15) is 0 Å². The Bertz CT molecular complexity index is 932. The van der Waals surface area contributed by atoms with Gasteiger partial charge in [-0.1, -0.05) is 6.07 Å². The summed E-state index contributed by atoms with van der Waals surface area (Å²) in [6, 6.07) is 9.08. The van der Waals surface area contributed by atoms with E-state index in [1.165, 1.54) is 21.3 Å². The van der Waals surface area contributed by atoms with Gasteiger partial charge in [-0.05, 0) is 55.0 Å². The first-order valence-electron chi connectivity index (χ1n) is 10.7. The fourth-order valence-corrected chi connectivity index (χ4v) is 4.62. The Morgan fingerprint density at radius 2 is 1.62 bits per heavy atom. The number of anilines is 1. The monoisotopic (exact) mass is 443 g/mol. The third kappa shape index (κ3) is 4.63. The van der Waals surface area contributed by atoms with Crippen molar-refractivity contribution in [1.82, 2.24) is 0 Å². The number of ketones is 1. The molecule has 0 heterocycles. The molecular formula is C25H33NO6. The number of phenols is 1. The van der Waals surface area contributed by atoms with E-state index in [2.05, 4.69) is 0 Å². The highest BCUT2D eigenvalue weighted by atomic mass is 16.5. The normalized spacial score (nSPS) is 20.5. The third-order valence-electron chi connectivity index (χ3n) is 6.33.